The van der Waals surface area contributed by atoms with Crippen LogP contribution in [0.2, 0.25) is 0 Å². The second kappa shape index (κ2) is 5.16. The molecule has 6 heteroatoms. The fourth-order valence-electron chi connectivity index (χ4n) is 1.99. The monoisotopic (exact) mass is 271 g/mol. The highest BCUT2D eigenvalue weighted by Gasteiger charge is 2.24. The molecule has 2 N–H and O–H groups in total. The lowest BCUT2D eigenvalue weighted by atomic mass is 10.3. The highest BCUT2D eigenvalue weighted by molar-refractivity contribution is 7.85. The number of rotatable bonds is 2. The molecule has 1 aromatic heterocycles. The fourth-order valence-corrected chi connectivity index (χ4v) is 3.31. The normalized spacial score (nSPS) is 21.3. The van der Waals surface area contributed by atoms with Crippen molar-refractivity contribution in [2.75, 3.05) is 13.1 Å². The van der Waals surface area contributed by atoms with Gasteiger partial charge in [0, 0.05) is 6.54 Å². The van der Waals surface area contributed by atoms with E-state index in [4.69, 9.17) is 0 Å². The van der Waals surface area contributed by atoms with Crippen LogP contribution in [0.5, 0.6) is 0 Å². The molecule has 17 heavy (non-hydrogen) atoms. The van der Waals surface area contributed by atoms with Gasteiger partial charge in [0.1, 0.15) is 0 Å². The summed E-state index contributed by atoms with van der Waals surface area (Å²) in [7, 11) is -1.02. The molecule has 2 aromatic rings. The van der Waals surface area contributed by atoms with Crippen molar-refractivity contribution in [3.05, 3.63) is 24.3 Å². The lowest BCUT2D eigenvalue weighted by Crippen LogP contribution is -2.19. The average molecular weight is 272 g/mol. The van der Waals surface area contributed by atoms with Crippen LogP contribution in [-0.4, -0.2) is 32.5 Å². The highest BCUT2D eigenvalue weighted by atomic mass is 35.5. The van der Waals surface area contributed by atoms with Crippen molar-refractivity contribution < 1.29 is 4.21 Å². The molecule has 1 saturated heterocycles. The molecule has 0 spiro atoms. The molecule has 2 heterocycles. The van der Waals surface area contributed by atoms with Crippen molar-refractivity contribution in [2.24, 2.45) is 0 Å². The Morgan fingerprint density at radius 1 is 1.35 bits per heavy atom. The maximum absolute atomic E-state index is 12.2. The molecule has 2 unspecified atom stereocenters. The predicted molar refractivity (Wildman–Crippen MR) is 71.0 cm³/mol. The highest BCUT2D eigenvalue weighted by Crippen LogP contribution is 2.17. The molecule has 3 rings (SSSR count). The summed E-state index contributed by atoms with van der Waals surface area (Å²) in [6.45, 7) is 1.78. The van der Waals surface area contributed by atoms with Gasteiger partial charge < -0.3 is 10.3 Å². The third-order valence-electron chi connectivity index (χ3n) is 2.88. The number of halogens is 1. The number of fused-ring (bicyclic) bond motifs is 1. The van der Waals surface area contributed by atoms with Gasteiger partial charge in [0.15, 0.2) is 5.16 Å². The molecule has 0 aliphatic carbocycles. The van der Waals surface area contributed by atoms with E-state index in [9.17, 15) is 4.21 Å². The molecule has 92 valence electrons. The summed E-state index contributed by atoms with van der Waals surface area (Å²) < 4.78 is 12.2. The van der Waals surface area contributed by atoms with Gasteiger partial charge in [0.25, 0.3) is 0 Å². The number of H-pyrrole nitrogens is 1. The van der Waals surface area contributed by atoms with Crippen LogP contribution in [-0.2, 0) is 10.8 Å². The van der Waals surface area contributed by atoms with Crippen molar-refractivity contribution >= 4 is 34.2 Å². The van der Waals surface area contributed by atoms with Crippen LogP contribution >= 0.6 is 12.4 Å². The fraction of sp³-hybridized carbons (Fsp3) is 0.364. The minimum absolute atomic E-state index is 0. The van der Waals surface area contributed by atoms with Crippen LogP contribution in [0.15, 0.2) is 29.4 Å². The largest absolute Gasteiger partial charge is 0.331 e. The van der Waals surface area contributed by atoms with Crippen molar-refractivity contribution in [1.29, 1.82) is 0 Å². The number of hydrogen-bond acceptors (Lipinski definition) is 3. The Morgan fingerprint density at radius 3 is 2.88 bits per heavy atom. The number of aromatic nitrogens is 2. The summed E-state index contributed by atoms with van der Waals surface area (Å²) in [6, 6.07) is 7.77. The Kier molecular flexibility index (Phi) is 3.81. The second-order valence-corrected chi connectivity index (χ2v) is 5.62. The van der Waals surface area contributed by atoms with Crippen LogP contribution in [0.25, 0.3) is 11.0 Å². The predicted octanol–water partition coefficient (Wildman–Crippen LogP) is 1.45. The minimum Gasteiger partial charge on any atom is -0.331 e. The summed E-state index contributed by atoms with van der Waals surface area (Å²) in [4.78, 5) is 7.51. The van der Waals surface area contributed by atoms with Gasteiger partial charge in [0.05, 0.1) is 27.1 Å². The summed E-state index contributed by atoms with van der Waals surface area (Å²) in [5, 5.41) is 4.02. The summed E-state index contributed by atoms with van der Waals surface area (Å²) in [5.74, 6) is 0. The molecule has 4 nitrogen and oxygen atoms in total. The average Bonchev–Trinajstić information content (AvgIpc) is 2.97. The van der Waals surface area contributed by atoms with Crippen LogP contribution in [0, 0.1) is 0 Å². The second-order valence-electron chi connectivity index (χ2n) is 3.97. The molecular weight excluding hydrogens is 258 g/mol. The maximum Gasteiger partial charge on any atom is 0.197 e. The quantitative estimate of drug-likeness (QED) is 0.869. The van der Waals surface area contributed by atoms with E-state index < -0.39 is 10.8 Å². The maximum atomic E-state index is 12.2. The van der Waals surface area contributed by atoms with E-state index in [0.717, 1.165) is 30.5 Å². The van der Waals surface area contributed by atoms with Gasteiger partial charge in [-0.05, 0) is 25.1 Å². The zero-order chi connectivity index (χ0) is 11.0. The molecule has 0 amide bonds. The van der Waals surface area contributed by atoms with Gasteiger partial charge in [-0.15, -0.1) is 12.4 Å². The molecule has 1 aliphatic rings. The van der Waals surface area contributed by atoms with Crippen molar-refractivity contribution in [3.63, 3.8) is 0 Å². The van der Waals surface area contributed by atoms with E-state index in [1.54, 1.807) is 0 Å². The number of para-hydroxylation sites is 2. The molecule has 0 bridgehead atoms. The van der Waals surface area contributed by atoms with Crippen molar-refractivity contribution in [3.8, 4) is 0 Å². The first-order valence-corrected chi connectivity index (χ1v) is 6.62. The molecule has 0 radical (unpaired) electrons. The van der Waals surface area contributed by atoms with E-state index in [0.29, 0.717) is 5.16 Å². The van der Waals surface area contributed by atoms with Crippen molar-refractivity contribution in [2.45, 2.75) is 16.8 Å². The minimum atomic E-state index is -1.02. The Bertz CT molecular complexity index is 503. The summed E-state index contributed by atoms with van der Waals surface area (Å²) >= 11 is 0. The molecule has 0 saturated carbocycles. The number of aromatic amines is 1. The molecule has 1 aromatic carbocycles. The van der Waals surface area contributed by atoms with Crippen LogP contribution in [0.3, 0.4) is 0 Å². The summed E-state index contributed by atoms with van der Waals surface area (Å²) in [5.41, 5.74) is 1.84. The van der Waals surface area contributed by atoms with E-state index in [1.807, 2.05) is 24.3 Å². The Morgan fingerprint density at radius 2 is 2.18 bits per heavy atom. The first-order valence-electron chi connectivity index (χ1n) is 5.40. The molecule has 1 aliphatic heterocycles. The van der Waals surface area contributed by atoms with Crippen LogP contribution in [0.1, 0.15) is 6.42 Å². The molecule has 2 atom stereocenters. The van der Waals surface area contributed by atoms with E-state index in [2.05, 4.69) is 15.3 Å². The van der Waals surface area contributed by atoms with Crippen LogP contribution in [0.4, 0.5) is 0 Å². The molecular formula is C11H14ClN3OS. The van der Waals surface area contributed by atoms with E-state index in [-0.39, 0.29) is 17.7 Å². The number of benzene rings is 1. The zero-order valence-electron chi connectivity index (χ0n) is 9.18. The number of nitrogens with one attached hydrogen (secondary N) is 2. The van der Waals surface area contributed by atoms with Gasteiger partial charge >= 0.3 is 0 Å². The third kappa shape index (κ3) is 2.36. The standard InChI is InChI=1S/C11H13N3OS.ClH/c15-16(8-5-6-12-7-8)11-13-9-3-1-2-4-10(9)14-11;/h1-4,8,12H,5-7H2,(H,13,14);1H. The van der Waals surface area contributed by atoms with Crippen LogP contribution < -0.4 is 5.32 Å². The topological polar surface area (TPSA) is 57.8 Å². The Labute approximate surface area is 108 Å². The van der Waals surface area contributed by atoms with Gasteiger partial charge in [-0.25, -0.2) is 4.98 Å². The first kappa shape index (κ1) is 12.5. The zero-order valence-corrected chi connectivity index (χ0v) is 10.8. The smallest absolute Gasteiger partial charge is 0.197 e. The Balaban J connectivity index is 0.00000108. The third-order valence-corrected chi connectivity index (χ3v) is 4.46. The number of hydrogen-bond donors (Lipinski definition) is 2. The van der Waals surface area contributed by atoms with Gasteiger partial charge in [-0.3, -0.25) is 4.21 Å². The van der Waals surface area contributed by atoms with Crippen molar-refractivity contribution in [1.82, 2.24) is 15.3 Å². The van der Waals surface area contributed by atoms with E-state index in [1.165, 1.54) is 0 Å². The van der Waals surface area contributed by atoms with E-state index >= 15 is 0 Å². The number of imidazole rings is 1. The van der Waals surface area contributed by atoms with Gasteiger partial charge in [-0.1, -0.05) is 12.1 Å². The van der Waals surface area contributed by atoms with Gasteiger partial charge in [-0.2, -0.15) is 0 Å². The lowest BCUT2D eigenvalue weighted by Gasteiger charge is -2.04. The molecule has 1 fully saturated rings. The lowest BCUT2D eigenvalue weighted by molar-refractivity contribution is 0.666. The van der Waals surface area contributed by atoms with Gasteiger partial charge in [0.2, 0.25) is 0 Å². The Hall–Kier alpha value is -0.910. The number of nitrogens with zero attached hydrogens (tertiary/aromatic N) is 1. The first-order chi connectivity index (χ1) is 7.84. The summed E-state index contributed by atoms with van der Waals surface area (Å²) in [6.07, 6.45) is 0.962. The SMILES string of the molecule is Cl.O=S(c1nc2ccccc2[nH]1)C1CCNC1.